The van der Waals surface area contributed by atoms with Gasteiger partial charge in [-0.3, -0.25) is 15.3 Å². The van der Waals surface area contributed by atoms with Gasteiger partial charge in [0.15, 0.2) is 5.82 Å². The van der Waals surface area contributed by atoms with Crippen LogP contribution in [0.1, 0.15) is 61.6 Å². The Hall–Kier alpha value is -1.92. The first-order chi connectivity index (χ1) is 14.1. The lowest BCUT2D eigenvalue weighted by atomic mass is 10.2. The average molecular weight is 491 g/mol. The molecule has 0 saturated carbocycles. The van der Waals surface area contributed by atoms with Gasteiger partial charge in [0.05, 0.1) is 17.6 Å². The zero-order chi connectivity index (χ0) is 22.7. The summed E-state index contributed by atoms with van der Waals surface area (Å²) in [5.74, 6) is 3.04. The summed E-state index contributed by atoms with van der Waals surface area (Å²) in [6.07, 6.45) is -3.64. The van der Waals surface area contributed by atoms with Gasteiger partial charge in [0.1, 0.15) is 23.3 Å². The minimum absolute atomic E-state index is 0.0130. The third kappa shape index (κ3) is 8.84. The van der Waals surface area contributed by atoms with Crippen molar-refractivity contribution in [2.75, 3.05) is 0 Å². The average Bonchev–Trinajstić information content (AvgIpc) is 3.48. The number of hydrogen-bond donors (Lipinski definition) is 3. The summed E-state index contributed by atoms with van der Waals surface area (Å²) in [6, 6.07) is 0. The Morgan fingerprint density at radius 2 is 1.30 bits per heavy atom. The fraction of sp³-hybridized carbons (Fsp3) is 0.600. The van der Waals surface area contributed by atoms with Crippen LogP contribution in [-0.4, -0.2) is 45.5 Å². The molecule has 3 aromatic heterocycles. The molecule has 0 aliphatic heterocycles. The zero-order valence-corrected chi connectivity index (χ0v) is 18.6. The van der Waals surface area contributed by atoms with E-state index in [1.54, 1.807) is 0 Å². The second-order valence-electron chi connectivity index (χ2n) is 5.85. The van der Waals surface area contributed by atoms with Gasteiger partial charge in [0.25, 0.3) is 5.82 Å². The van der Waals surface area contributed by atoms with Crippen LogP contribution in [-0.2, 0) is 30.2 Å². The van der Waals surface area contributed by atoms with E-state index < -0.39 is 12.0 Å². The second kappa shape index (κ2) is 12.7. The van der Waals surface area contributed by atoms with Crippen LogP contribution >= 0.6 is 34.8 Å². The molecule has 0 aliphatic rings. The summed E-state index contributed by atoms with van der Waals surface area (Å²) in [5, 5.41) is 18.3. The lowest BCUT2D eigenvalue weighted by Gasteiger charge is -1.96. The SMILES string of the molecule is CC(C)c1n[nH]c(CCl)n1.CCc1n[nH]c(CCl)n1.FC(F)(F)c1n[nH]c(CCl)n1. The Balaban J connectivity index is 0.000000226. The van der Waals surface area contributed by atoms with Gasteiger partial charge >= 0.3 is 6.18 Å². The van der Waals surface area contributed by atoms with Gasteiger partial charge < -0.3 is 0 Å². The Kier molecular flexibility index (Phi) is 11.1. The van der Waals surface area contributed by atoms with Gasteiger partial charge in [0.2, 0.25) is 0 Å². The summed E-state index contributed by atoms with van der Waals surface area (Å²) in [5.41, 5.74) is 0. The number of rotatable bonds is 5. The van der Waals surface area contributed by atoms with E-state index in [-0.39, 0.29) is 11.7 Å². The van der Waals surface area contributed by atoms with Crippen LogP contribution in [0.15, 0.2) is 0 Å². The number of nitrogens with one attached hydrogen (secondary N) is 3. The molecular formula is C15H21Cl3F3N9. The maximum Gasteiger partial charge on any atom is 0.453 e. The number of nitrogens with zero attached hydrogens (tertiary/aromatic N) is 6. The minimum Gasteiger partial charge on any atom is -0.262 e. The van der Waals surface area contributed by atoms with Gasteiger partial charge in [-0.25, -0.2) is 15.0 Å². The maximum absolute atomic E-state index is 11.7. The molecule has 0 fully saturated rings. The monoisotopic (exact) mass is 489 g/mol. The van der Waals surface area contributed by atoms with Crippen molar-refractivity contribution in [1.29, 1.82) is 0 Å². The number of aromatic nitrogens is 9. The van der Waals surface area contributed by atoms with Crippen molar-refractivity contribution < 1.29 is 13.2 Å². The summed E-state index contributed by atoms with van der Waals surface area (Å²) in [6.45, 7) is 6.09. The van der Waals surface area contributed by atoms with Gasteiger partial charge in [0, 0.05) is 12.3 Å². The van der Waals surface area contributed by atoms with Gasteiger partial charge in [-0.1, -0.05) is 20.8 Å². The molecule has 0 unspecified atom stereocenters. The number of hydrogen-bond acceptors (Lipinski definition) is 6. The van der Waals surface area contributed by atoms with Crippen LogP contribution in [0.4, 0.5) is 13.2 Å². The lowest BCUT2D eigenvalue weighted by Crippen LogP contribution is -2.07. The van der Waals surface area contributed by atoms with Crippen LogP contribution in [0, 0.1) is 0 Å². The smallest absolute Gasteiger partial charge is 0.262 e. The van der Waals surface area contributed by atoms with Gasteiger partial charge in [-0.05, 0) is 0 Å². The van der Waals surface area contributed by atoms with Gasteiger partial charge in [-0.15, -0.1) is 39.9 Å². The highest BCUT2D eigenvalue weighted by Gasteiger charge is 2.35. The van der Waals surface area contributed by atoms with E-state index in [1.807, 2.05) is 25.9 Å². The molecule has 30 heavy (non-hydrogen) atoms. The molecule has 168 valence electrons. The Labute approximate surface area is 185 Å². The highest BCUT2D eigenvalue weighted by Crippen LogP contribution is 2.25. The summed E-state index contributed by atoms with van der Waals surface area (Å²) in [4.78, 5) is 11.3. The van der Waals surface area contributed by atoms with Crippen LogP contribution in [0.5, 0.6) is 0 Å². The molecule has 3 N–H and O–H groups in total. The Morgan fingerprint density at radius 1 is 0.800 bits per heavy atom. The highest BCUT2D eigenvalue weighted by molar-refractivity contribution is 6.17. The molecule has 0 saturated heterocycles. The maximum atomic E-state index is 11.7. The first kappa shape index (κ1) is 26.1. The summed E-state index contributed by atoms with van der Waals surface area (Å²) >= 11 is 16.2. The van der Waals surface area contributed by atoms with E-state index in [1.165, 1.54) is 0 Å². The lowest BCUT2D eigenvalue weighted by molar-refractivity contribution is -0.144. The van der Waals surface area contributed by atoms with Crippen LogP contribution in [0.2, 0.25) is 0 Å². The quantitative estimate of drug-likeness (QED) is 0.457. The molecule has 15 heteroatoms. The van der Waals surface area contributed by atoms with Gasteiger partial charge in [-0.2, -0.15) is 23.4 Å². The fourth-order valence-electron chi connectivity index (χ4n) is 1.66. The molecule has 3 heterocycles. The van der Waals surface area contributed by atoms with Crippen LogP contribution in [0.3, 0.4) is 0 Å². The van der Waals surface area contributed by atoms with E-state index >= 15 is 0 Å². The third-order valence-electron chi connectivity index (χ3n) is 3.12. The van der Waals surface area contributed by atoms with Crippen molar-refractivity contribution in [3.05, 3.63) is 34.9 Å². The first-order valence-corrected chi connectivity index (χ1v) is 10.2. The molecule has 0 amide bonds. The van der Waals surface area contributed by atoms with Crippen molar-refractivity contribution in [2.24, 2.45) is 0 Å². The molecule has 0 atom stereocenters. The molecular weight excluding hydrogens is 470 g/mol. The van der Waals surface area contributed by atoms with Crippen molar-refractivity contribution in [3.63, 3.8) is 0 Å². The van der Waals surface area contributed by atoms with Crippen molar-refractivity contribution >= 4 is 34.8 Å². The summed E-state index contributed by atoms with van der Waals surface area (Å²) in [7, 11) is 0. The van der Waals surface area contributed by atoms with Crippen molar-refractivity contribution in [3.8, 4) is 0 Å². The number of halogens is 6. The third-order valence-corrected chi connectivity index (χ3v) is 3.88. The molecule has 0 aromatic carbocycles. The number of aryl methyl sites for hydroxylation is 1. The predicted molar refractivity (Wildman–Crippen MR) is 106 cm³/mol. The fourth-order valence-corrected chi connectivity index (χ4v) is 2.02. The van der Waals surface area contributed by atoms with E-state index in [2.05, 4.69) is 40.4 Å². The number of H-pyrrole nitrogens is 3. The molecule has 9 nitrogen and oxygen atoms in total. The van der Waals surface area contributed by atoms with E-state index in [9.17, 15) is 13.2 Å². The molecule has 3 aromatic rings. The predicted octanol–water partition coefficient (Wildman–Crippen LogP) is 4.34. The van der Waals surface area contributed by atoms with E-state index in [4.69, 9.17) is 34.8 Å². The van der Waals surface area contributed by atoms with E-state index in [0.29, 0.717) is 17.7 Å². The largest absolute Gasteiger partial charge is 0.453 e. The molecule has 0 spiro atoms. The Bertz CT molecular complexity index is 842. The first-order valence-electron chi connectivity index (χ1n) is 8.62. The summed E-state index contributed by atoms with van der Waals surface area (Å²) < 4.78 is 35.2. The standard InChI is InChI=1S/C6H10ClN3.C5H8ClN3.C4H3ClF3N3/c1-4(2)6-8-5(3-7)9-10-6;1-2-4-7-5(3-6)9-8-4;5-1-2-9-3(11-10-2)4(6,7)8/h4H,3H2,1-2H3,(H,8,9,10);2-3H2,1H3,(H,7,8,9);1H2,(H,9,10,11). The minimum atomic E-state index is -4.50. The zero-order valence-electron chi connectivity index (χ0n) is 16.4. The van der Waals surface area contributed by atoms with Crippen molar-refractivity contribution in [1.82, 2.24) is 45.5 Å². The van der Waals surface area contributed by atoms with Crippen molar-refractivity contribution in [2.45, 2.75) is 56.9 Å². The molecule has 0 radical (unpaired) electrons. The number of aromatic amines is 3. The van der Waals surface area contributed by atoms with E-state index in [0.717, 1.165) is 29.7 Å². The Morgan fingerprint density at radius 3 is 1.60 bits per heavy atom. The van der Waals surface area contributed by atoms with Crippen LogP contribution in [0.25, 0.3) is 0 Å². The molecule has 0 bridgehead atoms. The van der Waals surface area contributed by atoms with Crippen LogP contribution < -0.4 is 0 Å². The highest BCUT2D eigenvalue weighted by atomic mass is 35.5. The molecule has 0 aliphatic carbocycles. The normalized spacial score (nSPS) is 11.0. The molecule has 3 rings (SSSR count). The number of alkyl halides is 6. The topological polar surface area (TPSA) is 125 Å². The second-order valence-corrected chi connectivity index (χ2v) is 6.65.